The van der Waals surface area contributed by atoms with Gasteiger partial charge in [-0.25, -0.2) is 8.42 Å². The molecule has 0 saturated heterocycles. The Bertz CT molecular complexity index is 250. The van der Waals surface area contributed by atoms with E-state index in [1.54, 1.807) is 13.8 Å². The minimum atomic E-state index is -2.89. The Balaban J connectivity index is 3.34. The van der Waals surface area contributed by atoms with E-state index in [9.17, 15) is 8.42 Å². The van der Waals surface area contributed by atoms with Crippen LogP contribution in [0.15, 0.2) is 0 Å². The van der Waals surface area contributed by atoms with E-state index in [1.807, 2.05) is 6.92 Å². The Morgan fingerprint density at radius 1 is 1.19 bits per heavy atom. The molecular formula is C11H25NO3S. The number of nitrogens with one attached hydrogen (secondary N) is 1. The van der Waals surface area contributed by atoms with Crippen LogP contribution in [0.5, 0.6) is 0 Å². The highest BCUT2D eigenvalue weighted by Gasteiger charge is 2.14. The Morgan fingerprint density at radius 3 is 2.44 bits per heavy atom. The Hall–Kier alpha value is -0.130. The fraction of sp³-hybridized carbons (Fsp3) is 1.00. The second kappa shape index (κ2) is 8.96. The summed E-state index contributed by atoms with van der Waals surface area (Å²) in [5, 5.41) is 2.87. The second-order valence-electron chi connectivity index (χ2n) is 4.07. The van der Waals surface area contributed by atoms with Gasteiger partial charge in [0.25, 0.3) is 0 Å². The Labute approximate surface area is 99.7 Å². The van der Waals surface area contributed by atoms with E-state index in [0.29, 0.717) is 6.54 Å². The van der Waals surface area contributed by atoms with Crippen LogP contribution in [-0.2, 0) is 14.6 Å². The van der Waals surface area contributed by atoms with E-state index >= 15 is 0 Å². The number of sulfone groups is 1. The third-order valence-corrected chi connectivity index (χ3v) is 4.59. The van der Waals surface area contributed by atoms with Crippen molar-refractivity contribution in [2.24, 2.45) is 0 Å². The average molecular weight is 251 g/mol. The van der Waals surface area contributed by atoms with E-state index in [1.165, 1.54) is 0 Å². The molecule has 0 aromatic rings. The first-order valence-electron chi connectivity index (χ1n) is 6.00. The zero-order valence-corrected chi connectivity index (χ0v) is 11.5. The van der Waals surface area contributed by atoms with Crippen molar-refractivity contribution in [2.75, 3.05) is 32.1 Å². The monoisotopic (exact) mass is 251 g/mol. The molecule has 0 spiro atoms. The predicted octanol–water partition coefficient (Wildman–Crippen LogP) is 1.22. The molecule has 0 aliphatic carbocycles. The van der Waals surface area contributed by atoms with Crippen molar-refractivity contribution >= 4 is 9.84 Å². The van der Waals surface area contributed by atoms with Gasteiger partial charge in [0.05, 0.1) is 11.0 Å². The van der Waals surface area contributed by atoms with Gasteiger partial charge in [-0.3, -0.25) is 0 Å². The van der Waals surface area contributed by atoms with E-state index in [4.69, 9.17) is 4.74 Å². The van der Waals surface area contributed by atoms with Crippen LogP contribution in [0.4, 0.5) is 0 Å². The first kappa shape index (κ1) is 15.9. The Kier molecular flexibility index (Phi) is 8.89. The van der Waals surface area contributed by atoms with Crippen molar-refractivity contribution in [2.45, 2.75) is 38.9 Å². The molecule has 0 saturated carbocycles. The van der Waals surface area contributed by atoms with Crippen molar-refractivity contribution in [1.82, 2.24) is 5.32 Å². The highest BCUT2D eigenvalue weighted by molar-refractivity contribution is 7.92. The van der Waals surface area contributed by atoms with Gasteiger partial charge in [-0.2, -0.15) is 0 Å². The number of hydrogen-bond donors (Lipinski definition) is 1. The number of rotatable bonds is 10. The zero-order valence-electron chi connectivity index (χ0n) is 10.7. The molecule has 5 heteroatoms. The summed E-state index contributed by atoms with van der Waals surface area (Å²) in [7, 11) is -2.89. The highest BCUT2D eigenvalue weighted by Crippen LogP contribution is 1.99. The van der Waals surface area contributed by atoms with Gasteiger partial charge in [0, 0.05) is 19.8 Å². The minimum absolute atomic E-state index is 0.232. The topological polar surface area (TPSA) is 55.4 Å². The molecule has 0 rings (SSSR count). The molecular weight excluding hydrogens is 226 g/mol. The quantitative estimate of drug-likeness (QED) is 0.593. The number of hydrogen-bond acceptors (Lipinski definition) is 4. The molecule has 0 bridgehead atoms. The van der Waals surface area contributed by atoms with Crippen molar-refractivity contribution < 1.29 is 13.2 Å². The standard InChI is InChI=1S/C11H25NO3S/c1-4-15-9-6-5-7-12-8-10-16(13,14)11(2)3/h11-12H,4-10H2,1-3H3. The van der Waals surface area contributed by atoms with Crippen LogP contribution in [0.2, 0.25) is 0 Å². The highest BCUT2D eigenvalue weighted by atomic mass is 32.2. The van der Waals surface area contributed by atoms with Gasteiger partial charge in [0.2, 0.25) is 0 Å². The molecule has 1 N–H and O–H groups in total. The SMILES string of the molecule is CCOCCCCNCCS(=O)(=O)C(C)C. The second-order valence-corrected chi connectivity index (χ2v) is 6.75. The maximum absolute atomic E-state index is 11.4. The van der Waals surface area contributed by atoms with Crippen LogP contribution in [-0.4, -0.2) is 45.7 Å². The molecule has 16 heavy (non-hydrogen) atoms. The lowest BCUT2D eigenvalue weighted by Gasteiger charge is -2.08. The summed E-state index contributed by atoms with van der Waals surface area (Å²) in [6.45, 7) is 8.39. The summed E-state index contributed by atoms with van der Waals surface area (Å²) < 4.78 is 28.1. The van der Waals surface area contributed by atoms with Gasteiger partial charge < -0.3 is 10.1 Å². The average Bonchev–Trinajstić information content (AvgIpc) is 2.21. The van der Waals surface area contributed by atoms with Crippen LogP contribution in [0, 0.1) is 0 Å². The molecule has 98 valence electrons. The molecule has 0 amide bonds. The fourth-order valence-electron chi connectivity index (χ4n) is 1.17. The summed E-state index contributed by atoms with van der Waals surface area (Å²) in [6.07, 6.45) is 2.06. The van der Waals surface area contributed by atoms with Crippen molar-refractivity contribution in [3.63, 3.8) is 0 Å². The molecule has 0 fully saturated rings. The lowest BCUT2D eigenvalue weighted by molar-refractivity contribution is 0.143. The molecule has 0 heterocycles. The Morgan fingerprint density at radius 2 is 1.88 bits per heavy atom. The van der Waals surface area contributed by atoms with Crippen LogP contribution in [0.3, 0.4) is 0 Å². The maximum Gasteiger partial charge on any atom is 0.153 e. The number of unbranched alkanes of at least 4 members (excludes halogenated alkanes) is 1. The molecule has 4 nitrogen and oxygen atoms in total. The normalized spacial score (nSPS) is 12.2. The molecule has 0 aromatic carbocycles. The fourth-order valence-corrected chi connectivity index (χ4v) is 2.07. The molecule has 0 unspecified atom stereocenters. The van der Waals surface area contributed by atoms with Crippen molar-refractivity contribution in [1.29, 1.82) is 0 Å². The zero-order chi connectivity index (χ0) is 12.4. The van der Waals surface area contributed by atoms with Gasteiger partial charge in [0.1, 0.15) is 0 Å². The van der Waals surface area contributed by atoms with Crippen LogP contribution in [0.1, 0.15) is 33.6 Å². The van der Waals surface area contributed by atoms with Gasteiger partial charge >= 0.3 is 0 Å². The predicted molar refractivity (Wildman–Crippen MR) is 67.5 cm³/mol. The van der Waals surface area contributed by atoms with Crippen molar-refractivity contribution in [3.05, 3.63) is 0 Å². The first-order chi connectivity index (χ1) is 7.50. The summed E-state index contributed by atoms with van der Waals surface area (Å²) in [4.78, 5) is 0. The largest absolute Gasteiger partial charge is 0.382 e. The van der Waals surface area contributed by atoms with Crippen molar-refractivity contribution in [3.8, 4) is 0 Å². The van der Waals surface area contributed by atoms with Crippen LogP contribution in [0.25, 0.3) is 0 Å². The molecule has 0 atom stereocenters. The summed E-state index contributed by atoms with van der Waals surface area (Å²) in [6, 6.07) is 0. The van der Waals surface area contributed by atoms with Crippen LogP contribution < -0.4 is 5.32 Å². The van der Waals surface area contributed by atoms with E-state index < -0.39 is 9.84 Å². The number of ether oxygens (including phenoxy) is 1. The molecule has 0 aliphatic heterocycles. The van der Waals surface area contributed by atoms with Gasteiger partial charge in [-0.15, -0.1) is 0 Å². The van der Waals surface area contributed by atoms with E-state index in [0.717, 1.165) is 32.6 Å². The third kappa shape index (κ3) is 8.07. The molecule has 0 radical (unpaired) electrons. The molecule has 0 aliphatic rings. The van der Waals surface area contributed by atoms with Gasteiger partial charge in [-0.1, -0.05) is 0 Å². The van der Waals surface area contributed by atoms with E-state index in [2.05, 4.69) is 5.32 Å². The van der Waals surface area contributed by atoms with Gasteiger partial charge in [-0.05, 0) is 40.2 Å². The van der Waals surface area contributed by atoms with Crippen LogP contribution >= 0.6 is 0 Å². The third-order valence-electron chi connectivity index (χ3n) is 2.38. The molecule has 0 aromatic heterocycles. The lowest BCUT2D eigenvalue weighted by Crippen LogP contribution is -2.27. The lowest BCUT2D eigenvalue weighted by atomic mass is 10.3. The summed E-state index contributed by atoms with van der Waals surface area (Å²) >= 11 is 0. The smallest absolute Gasteiger partial charge is 0.153 e. The van der Waals surface area contributed by atoms with Gasteiger partial charge in [0.15, 0.2) is 9.84 Å². The summed E-state index contributed by atoms with van der Waals surface area (Å²) in [5.74, 6) is 0.232. The minimum Gasteiger partial charge on any atom is -0.382 e. The first-order valence-corrected chi connectivity index (χ1v) is 7.72. The van der Waals surface area contributed by atoms with E-state index in [-0.39, 0.29) is 11.0 Å². The summed E-state index contributed by atoms with van der Waals surface area (Å²) in [5.41, 5.74) is 0. The maximum atomic E-state index is 11.4.